The molecule has 1 heterocycles. The zero-order valence-corrected chi connectivity index (χ0v) is 13.6. The van der Waals surface area contributed by atoms with Crippen molar-refractivity contribution in [1.82, 2.24) is 15.1 Å². The van der Waals surface area contributed by atoms with E-state index in [0.717, 1.165) is 12.5 Å². The van der Waals surface area contributed by atoms with Gasteiger partial charge in [-0.15, -0.1) is 0 Å². The van der Waals surface area contributed by atoms with Crippen molar-refractivity contribution in [2.75, 3.05) is 0 Å². The Morgan fingerprint density at radius 2 is 1.76 bits per heavy atom. The molecule has 2 fully saturated rings. The van der Waals surface area contributed by atoms with Gasteiger partial charge in [-0.2, -0.15) is 5.10 Å². The fourth-order valence-corrected chi connectivity index (χ4v) is 4.09. The number of nitrogens with zero attached hydrogens (tertiary/aromatic N) is 2. The van der Waals surface area contributed by atoms with E-state index in [4.69, 9.17) is 5.10 Å². The van der Waals surface area contributed by atoms with Crippen molar-refractivity contribution in [3.05, 3.63) is 18.0 Å². The number of hydrogen-bond acceptors (Lipinski definition) is 2. The van der Waals surface area contributed by atoms with E-state index in [9.17, 15) is 0 Å². The number of rotatable bonds is 5. The van der Waals surface area contributed by atoms with Crippen LogP contribution in [0.5, 0.6) is 0 Å². The Morgan fingerprint density at radius 1 is 1.10 bits per heavy atom. The third-order valence-corrected chi connectivity index (χ3v) is 5.57. The molecule has 0 saturated heterocycles. The van der Waals surface area contributed by atoms with Gasteiger partial charge in [0.15, 0.2) is 0 Å². The van der Waals surface area contributed by atoms with E-state index in [0.29, 0.717) is 12.1 Å². The highest BCUT2D eigenvalue weighted by molar-refractivity contribution is 5.00. The van der Waals surface area contributed by atoms with Crippen LogP contribution in [0.4, 0.5) is 0 Å². The van der Waals surface area contributed by atoms with E-state index < -0.39 is 0 Å². The van der Waals surface area contributed by atoms with E-state index >= 15 is 0 Å². The van der Waals surface area contributed by atoms with Crippen LogP contribution >= 0.6 is 0 Å². The van der Waals surface area contributed by atoms with Gasteiger partial charge < -0.3 is 5.32 Å². The standard InChI is InChI=1S/C18H31N3/c1-15(16-8-4-2-5-9-16)19-14-17-12-13-21(20-17)18-10-6-3-7-11-18/h12-13,15-16,18-19H,2-11,14H2,1H3. The maximum atomic E-state index is 4.81. The van der Waals surface area contributed by atoms with Crippen LogP contribution in [0.2, 0.25) is 0 Å². The third-order valence-electron chi connectivity index (χ3n) is 5.57. The van der Waals surface area contributed by atoms with E-state index in [2.05, 4.69) is 29.2 Å². The fraction of sp³-hybridized carbons (Fsp3) is 0.833. The highest BCUT2D eigenvalue weighted by Crippen LogP contribution is 2.28. The molecule has 21 heavy (non-hydrogen) atoms. The molecule has 0 aliphatic heterocycles. The van der Waals surface area contributed by atoms with Crippen LogP contribution < -0.4 is 5.32 Å². The van der Waals surface area contributed by atoms with Gasteiger partial charge in [0, 0.05) is 18.8 Å². The minimum absolute atomic E-state index is 0.630. The zero-order chi connectivity index (χ0) is 14.5. The lowest BCUT2D eigenvalue weighted by molar-refractivity contribution is 0.279. The van der Waals surface area contributed by atoms with Crippen molar-refractivity contribution in [3.63, 3.8) is 0 Å². The van der Waals surface area contributed by atoms with Crippen LogP contribution in [0, 0.1) is 5.92 Å². The smallest absolute Gasteiger partial charge is 0.0762 e. The minimum Gasteiger partial charge on any atom is -0.308 e. The molecule has 1 aromatic rings. The summed E-state index contributed by atoms with van der Waals surface area (Å²) in [6.07, 6.45) is 16.1. The first-order chi connectivity index (χ1) is 10.3. The van der Waals surface area contributed by atoms with E-state index in [1.165, 1.54) is 69.9 Å². The summed E-state index contributed by atoms with van der Waals surface area (Å²) in [5.41, 5.74) is 1.21. The van der Waals surface area contributed by atoms with Gasteiger partial charge >= 0.3 is 0 Å². The molecule has 1 aromatic heterocycles. The van der Waals surface area contributed by atoms with Crippen molar-refractivity contribution < 1.29 is 0 Å². The van der Waals surface area contributed by atoms with Crippen LogP contribution in [0.15, 0.2) is 12.3 Å². The van der Waals surface area contributed by atoms with E-state index in [1.54, 1.807) is 0 Å². The summed E-state index contributed by atoms with van der Waals surface area (Å²) in [5.74, 6) is 0.874. The number of nitrogens with one attached hydrogen (secondary N) is 1. The second kappa shape index (κ2) is 7.44. The topological polar surface area (TPSA) is 29.9 Å². The highest BCUT2D eigenvalue weighted by atomic mass is 15.3. The Bertz CT molecular complexity index is 414. The summed E-state index contributed by atoms with van der Waals surface area (Å²) in [6.45, 7) is 3.28. The first-order valence-corrected chi connectivity index (χ1v) is 9.10. The fourth-order valence-electron chi connectivity index (χ4n) is 4.09. The van der Waals surface area contributed by atoms with Crippen LogP contribution in [0.1, 0.15) is 82.9 Å². The molecule has 3 rings (SSSR count). The van der Waals surface area contributed by atoms with Crippen molar-refractivity contribution in [2.45, 2.75) is 89.8 Å². The second-order valence-electron chi connectivity index (χ2n) is 7.15. The first kappa shape index (κ1) is 15.1. The van der Waals surface area contributed by atoms with Crippen LogP contribution in [-0.4, -0.2) is 15.8 Å². The largest absolute Gasteiger partial charge is 0.308 e. The molecule has 2 saturated carbocycles. The molecule has 118 valence electrons. The Kier molecular flexibility index (Phi) is 5.34. The molecule has 1 unspecified atom stereocenters. The van der Waals surface area contributed by atoms with Crippen LogP contribution in [0.3, 0.4) is 0 Å². The van der Waals surface area contributed by atoms with Crippen molar-refractivity contribution in [1.29, 1.82) is 0 Å². The second-order valence-corrected chi connectivity index (χ2v) is 7.15. The zero-order valence-electron chi connectivity index (χ0n) is 13.6. The van der Waals surface area contributed by atoms with Gasteiger partial charge in [-0.25, -0.2) is 0 Å². The molecule has 2 aliphatic rings. The van der Waals surface area contributed by atoms with E-state index in [-0.39, 0.29) is 0 Å². The van der Waals surface area contributed by atoms with Gasteiger partial charge in [0.05, 0.1) is 11.7 Å². The van der Waals surface area contributed by atoms with Crippen LogP contribution in [-0.2, 0) is 6.54 Å². The van der Waals surface area contributed by atoms with Gasteiger partial charge in [-0.05, 0) is 44.6 Å². The molecular formula is C18H31N3. The third kappa shape index (κ3) is 4.09. The van der Waals surface area contributed by atoms with Crippen molar-refractivity contribution in [3.8, 4) is 0 Å². The maximum Gasteiger partial charge on any atom is 0.0762 e. The molecule has 0 spiro atoms. The summed E-state index contributed by atoms with van der Waals surface area (Å²) in [6, 6.07) is 3.49. The molecule has 1 atom stereocenters. The van der Waals surface area contributed by atoms with Gasteiger partial charge in [-0.3, -0.25) is 4.68 Å². The minimum atomic E-state index is 0.630. The average Bonchev–Trinajstić information content (AvgIpc) is 3.03. The molecule has 3 heteroatoms. The van der Waals surface area contributed by atoms with Gasteiger partial charge in [0.2, 0.25) is 0 Å². The molecule has 0 amide bonds. The molecule has 0 radical (unpaired) electrons. The Hall–Kier alpha value is -0.830. The molecule has 1 N–H and O–H groups in total. The van der Waals surface area contributed by atoms with Gasteiger partial charge in [0.1, 0.15) is 0 Å². The van der Waals surface area contributed by atoms with Crippen molar-refractivity contribution in [2.24, 2.45) is 5.92 Å². The lowest BCUT2D eigenvalue weighted by Crippen LogP contribution is -2.34. The molecule has 2 aliphatic carbocycles. The summed E-state index contributed by atoms with van der Waals surface area (Å²) in [5, 5.41) is 8.51. The normalized spacial score (nSPS) is 23.3. The predicted octanol–water partition coefficient (Wildman–Crippen LogP) is 4.45. The molecule has 3 nitrogen and oxygen atoms in total. The lowest BCUT2D eigenvalue weighted by atomic mass is 9.84. The summed E-state index contributed by atoms with van der Waals surface area (Å²) >= 11 is 0. The molecular weight excluding hydrogens is 258 g/mol. The summed E-state index contributed by atoms with van der Waals surface area (Å²) in [4.78, 5) is 0. The highest BCUT2D eigenvalue weighted by Gasteiger charge is 2.20. The predicted molar refractivity (Wildman–Crippen MR) is 87.2 cm³/mol. The van der Waals surface area contributed by atoms with Crippen molar-refractivity contribution >= 4 is 0 Å². The summed E-state index contributed by atoms with van der Waals surface area (Å²) in [7, 11) is 0. The number of aromatic nitrogens is 2. The Balaban J connectivity index is 1.47. The summed E-state index contributed by atoms with van der Waals surface area (Å²) < 4.78 is 2.22. The molecule has 0 bridgehead atoms. The van der Waals surface area contributed by atoms with Gasteiger partial charge in [-0.1, -0.05) is 38.5 Å². The lowest BCUT2D eigenvalue weighted by Gasteiger charge is -2.28. The average molecular weight is 289 g/mol. The quantitative estimate of drug-likeness (QED) is 0.868. The Labute approximate surface area is 129 Å². The Morgan fingerprint density at radius 3 is 2.48 bits per heavy atom. The van der Waals surface area contributed by atoms with E-state index in [1.807, 2.05) is 0 Å². The van der Waals surface area contributed by atoms with Gasteiger partial charge in [0.25, 0.3) is 0 Å². The molecule has 0 aromatic carbocycles. The van der Waals surface area contributed by atoms with Crippen LogP contribution in [0.25, 0.3) is 0 Å². The maximum absolute atomic E-state index is 4.81. The SMILES string of the molecule is CC(NCc1ccn(C2CCCCC2)n1)C1CCCCC1. The first-order valence-electron chi connectivity index (χ1n) is 9.10. The monoisotopic (exact) mass is 289 g/mol. The number of hydrogen-bond donors (Lipinski definition) is 1.